The first-order valence-electron chi connectivity index (χ1n) is 13.2. The second-order valence-electron chi connectivity index (χ2n) is 12.3. The summed E-state index contributed by atoms with van der Waals surface area (Å²) in [6.07, 6.45) is 3.59. The van der Waals surface area contributed by atoms with Crippen molar-refractivity contribution in [1.82, 2.24) is 0 Å². The molecule has 0 heterocycles. The summed E-state index contributed by atoms with van der Waals surface area (Å²) in [5.41, 5.74) is 0. The average Bonchev–Trinajstić information content (AvgIpc) is 2.63. The number of unbranched alkanes of at least 4 members (excludes halogenated alkanes) is 2. The molecule has 0 spiro atoms. The topological polar surface area (TPSA) is 81.7 Å². The second kappa shape index (κ2) is 30.3. The molecule has 0 amide bonds. The monoisotopic (exact) mass is 759 g/mol. The molecule has 0 N–H and O–H groups in total. The lowest BCUT2D eigenvalue weighted by Gasteiger charge is -2.44. The van der Waals surface area contributed by atoms with Gasteiger partial charge in [-0.3, -0.25) is 4.79 Å². The molecular weight excluding hydrogens is 669 g/mol. The molecule has 0 aliphatic heterocycles. The quantitative estimate of drug-likeness (QED) is 0.0591. The van der Waals surface area contributed by atoms with Gasteiger partial charge in [-0.15, -0.1) is 13.2 Å². The molecular formula is C31H90O8Si6. The van der Waals surface area contributed by atoms with Gasteiger partial charge in [0.05, 0.1) is 19.4 Å². The zero-order chi connectivity index (χ0) is 29.8. The van der Waals surface area contributed by atoms with Crippen molar-refractivity contribution in [3.8, 4) is 0 Å². The molecule has 0 aromatic rings. The maximum absolute atomic E-state index is 12.5. The van der Waals surface area contributed by atoms with E-state index in [9.17, 15) is 4.79 Å². The highest BCUT2D eigenvalue weighted by Gasteiger charge is 2.52. The highest BCUT2D eigenvalue weighted by atomic mass is 28.5. The fourth-order valence-electron chi connectivity index (χ4n) is 4.23. The predicted octanol–water partition coefficient (Wildman–Crippen LogP) is 12.1. The van der Waals surface area contributed by atoms with Gasteiger partial charge in [-0.2, -0.15) is 0 Å². The highest BCUT2D eigenvalue weighted by Crippen LogP contribution is 2.30. The smallest absolute Gasteiger partial charge is 0.344 e. The van der Waals surface area contributed by atoms with Gasteiger partial charge in [0.15, 0.2) is 16.6 Å². The molecule has 14 heteroatoms. The van der Waals surface area contributed by atoms with Crippen LogP contribution < -0.4 is 0 Å². The van der Waals surface area contributed by atoms with E-state index in [-0.39, 0.29) is 71.4 Å². The fourth-order valence-corrected chi connectivity index (χ4v) is 32.4. The average molecular weight is 760 g/mol. The van der Waals surface area contributed by atoms with Gasteiger partial charge in [-0.05, 0) is 85.0 Å². The van der Waals surface area contributed by atoms with Crippen LogP contribution in [0, 0.1) is 0 Å². The van der Waals surface area contributed by atoms with E-state index >= 15 is 0 Å². The third-order valence-corrected chi connectivity index (χ3v) is 25.7. The van der Waals surface area contributed by atoms with Gasteiger partial charge in [0.25, 0.3) is 0 Å². The van der Waals surface area contributed by atoms with Gasteiger partial charge in [-0.25, -0.2) is 0 Å². The summed E-state index contributed by atoms with van der Waals surface area (Å²) >= 11 is 0. The maximum atomic E-state index is 12.5. The summed E-state index contributed by atoms with van der Waals surface area (Å²) in [5, 5.41) is 0. The minimum Gasteiger partial charge on any atom is -0.469 e. The molecule has 0 saturated carbocycles. The third-order valence-electron chi connectivity index (χ3n) is 4.41. The molecule has 0 aliphatic carbocycles. The van der Waals surface area contributed by atoms with Crippen LogP contribution >= 0.6 is 0 Å². The van der Waals surface area contributed by atoms with Crippen LogP contribution in [0.5, 0.6) is 0 Å². The van der Waals surface area contributed by atoms with Crippen molar-refractivity contribution in [2.24, 2.45) is 0 Å². The molecule has 0 aromatic carbocycles. The summed E-state index contributed by atoms with van der Waals surface area (Å²) in [6.45, 7) is 33.8. The normalized spacial score (nSPS) is 13.4. The van der Waals surface area contributed by atoms with Gasteiger partial charge in [0, 0.05) is 6.61 Å². The van der Waals surface area contributed by atoms with Crippen molar-refractivity contribution in [1.29, 1.82) is 0 Å². The Hall–Kier alpha value is 0.271. The molecule has 0 radical (unpaired) electrons. The number of methoxy groups -OCH3 is 1. The molecule has 0 aromatic heterocycles. The molecule has 0 aliphatic rings. The first-order chi connectivity index (χ1) is 16.6. The van der Waals surface area contributed by atoms with Crippen molar-refractivity contribution < 1.29 is 34.8 Å². The molecule has 0 bridgehead atoms. The summed E-state index contributed by atoms with van der Waals surface area (Å²) < 4.78 is 44.3. The van der Waals surface area contributed by atoms with Crippen LogP contribution in [0.4, 0.5) is 0 Å². The number of carbonyl (C=O) groups is 1. The largest absolute Gasteiger partial charge is 0.469 e. The van der Waals surface area contributed by atoms with Gasteiger partial charge >= 0.3 is 40.2 Å². The first kappa shape index (κ1) is 71.3. The van der Waals surface area contributed by atoms with E-state index in [2.05, 4.69) is 72.5 Å². The van der Waals surface area contributed by atoms with Crippen LogP contribution in [0.2, 0.25) is 84.6 Å². The van der Waals surface area contributed by atoms with E-state index in [1.165, 1.54) is 7.11 Å². The van der Waals surface area contributed by atoms with E-state index in [1.54, 1.807) is 0 Å². The number of carbonyl (C=O) groups excluding carboxylic acids is 1. The molecule has 0 saturated heterocycles. The Morgan fingerprint density at radius 1 is 0.556 bits per heavy atom. The van der Waals surface area contributed by atoms with Gasteiger partial charge in [-0.1, -0.05) is 79.2 Å². The van der Waals surface area contributed by atoms with Gasteiger partial charge < -0.3 is 30.0 Å². The van der Waals surface area contributed by atoms with Crippen molar-refractivity contribution in [3.05, 3.63) is 13.2 Å². The highest BCUT2D eigenvalue weighted by molar-refractivity contribution is 6.92. The lowest BCUT2D eigenvalue weighted by molar-refractivity contribution is -0.138. The Kier molecular flexibility index (Phi) is 48.1. The summed E-state index contributed by atoms with van der Waals surface area (Å²) in [6, 6.07) is 0.0631. The Morgan fingerprint density at radius 2 is 0.911 bits per heavy atom. The zero-order valence-corrected chi connectivity index (χ0v) is 32.4. The van der Waals surface area contributed by atoms with Crippen molar-refractivity contribution in [3.63, 3.8) is 0 Å². The lowest BCUT2D eigenvalue weighted by Crippen LogP contribution is -2.63. The second-order valence-corrected chi connectivity index (χ2v) is 35.6. The predicted molar refractivity (Wildman–Crippen MR) is 223 cm³/mol. The van der Waals surface area contributed by atoms with Crippen LogP contribution in [0.15, 0.2) is 13.2 Å². The van der Waals surface area contributed by atoms with Crippen LogP contribution in [0.25, 0.3) is 0 Å². The van der Waals surface area contributed by atoms with Crippen LogP contribution in [-0.2, 0) is 34.8 Å². The number of rotatable bonds is 18. The Bertz CT molecular complexity index is 673. The minimum absolute atomic E-state index is 0. The number of ether oxygens (including phenoxy) is 2. The Balaban J connectivity index is -0.000000150. The minimum atomic E-state index is -3.12. The Morgan fingerprint density at radius 3 is 1.22 bits per heavy atom. The number of hydrogen-bond acceptors (Lipinski definition) is 8. The molecule has 286 valence electrons. The molecule has 0 fully saturated rings. The third kappa shape index (κ3) is 38.6. The molecule has 0 rings (SSSR count). The van der Waals surface area contributed by atoms with E-state index < -0.39 is 50.9 Å². The fraction of sp³-hybridized carbons (Fsp3) is 0.903. The lowest BCUT2D eigenvalue weighted by atomic mass is 10.3. The van der Waals surface area contributed by atoms with E-state index in [1.807, 2.05) is 26.2 Å². The summed E-state index contributed by atoms with van der Waals surface area (Å²) in [4.78, 5) is 12.5. The number of esters is 1. The first-order valence-corrected chi connectivity index (χ1v) is 30.7. The molecule has 45 heavy (non-hydrogen) atoms. The van der Waals surface area contributed by atoms with E-state index in [4.69, 9.17) is 30.0 Å². The summed E-state index contributed by atoms with van der Waals surface area (Å²) in [5.74, 6) is -0.355. The Labute approximate surface area is 294 Å². The van der Waals surface area contributed by atoms with Crippen molar-refractivity contribution in [2.75, 3.05) is 19.9 Å². The van der Waals surface area contributed by atoms with Crippen LogP contribution in [0.3, 0.4) is 0 Å². The molecule has 2 atom stereocenters. The standard InChI is InChI=1S/C21H54O8Si6.C2H4.8CH4/c1-15-16-17-18-24-20-35(14,28-33(11,12)26-31(6,7)8)29-34(13,19-21(22)23-2)27-32(9,10)25-30(3,4)5;1-2;;;;;;;;/h15-20H2,1-14H3;1-2H2;8*1H4. The van der Waals surface area contributed by atoms with Crippen molar-refractivity contribution in [2.45, 2.75) is 170 Å². The van der Waals surface area contributed by atoms with E-state index in [0.29, 0.717) is 12.8 Å². The van der Waals surface area contributed by atoms with Crippen LogP contribution in [0.1, 0.15) is 85.6 Å². The zero-order valence-electron chi connectivity index (χ0n) is 26.4. The number of hydrogen-bond donors (Lipinski definition) is 0. The SMILES string of the molecule is C.C.C.C.C.C.C.C.C=C.CCCCCOC[Si](C)(O[Si](C)(C)O[Si](C)(C)C)O[Si](C)(CC(=O)OC)O[Si](C)(C)O[Si](C)(C)C. The summed E-state index contributed by atoms with van der Waals surface area (Å²) in [7, 11) is -13.5. The van der Waals surface area contributed by atoms with Crippen LogP contribution in [-0.4, -0.2) is 76.8 Å². The van der Waals surface area contributed by atoms with E-state index in [0.717, 1.165) is 19.3 Å². The maximum Gasteiger partial charge on any atom is 0.344 e. The molecule has 2 unspecified atom stereocenters. The van der Waals surface area contributed by atoms with Gasteiger partial charge in [0.2, 0.25) is 0 Å². The molecule has 8 nitrogen and oxygen atoms in total. The van der Waals surface area contributed by atoms with Gasteiger partial charge in [0.1, 0.15) is 0 Å². The van der Waals surface area contributed by atoms with Crippen molar-refractivity contribution >= 4 is 56.8 Å².